The molecular formula is C24H26BrNO2. The van der Waals surface area contributed by atoms with E-state index in [1.807, 2.05) is 24.3 Å². The maximum absolute atomic E-state index is 6.01. The first-order chi connectivity index (χ1) is 13.7. The average molecular weight is 440 g/mol. The molecule has 0 spiro atoms. The first-order valence-corrected chi connectivity index (χ1v) is 10.2. The molecule has 3 aromatic rings. The molecule has 3 aromatic carbocycles. The number of hydrogen-bond acceptors (Lipinski definition) is 3. The fourth-order valence-corrected chi connectivity index (χ4v) is 3.51. The zero-order valence-corrected chi connectivity index (χ0v) is 18.0. The summed E-state index contributed by atoms with van der Waals surface area (Å²) in [5, 5.41) is 3.50. The molecule has 0 atom stereocenters. The summed E-state index contributed by atoms with van der Waals surface area (Å²) in [6.45, 7) is 4.28. The van der Waals surface area contributed by atoms with Gasteiger partial charge in [0.1, 0.15) is 6.61 Å². The molecule has 4 heteroatoms. The maximum atomic E-state index is 6.01. The Morgan fingerprint density at radius 2 is 1.68 bits per heavy atom. The lowest BCUT2D eigenvalue weighted by Crippen LogP contribution is -2.17. The molecule has 0 aliphatic carbocycles. The molecule has 1 N–H and O–H groups in total. The third-order valence-electron chi connectivity index (χ3n) is 4.56. The number of hydrogen-bond donors (Lipinski definition) is 1. The number of ether oxygens (including phenoxy) is 2. The van der Waals surface area contributed by atoms with Crippen molar-refractivity contribution in [2.24, 2.45) is 0 Å². The first kappa shape index (κ1) is 20.4. The second-order valence-electron chi connectivity index (χ2n) is 6.78. The van der Waals surface area contributed by atoms with Gasteiger partial charge < -0.3 is 14.8 Å². The van der Waals surface area contributed by atoms with Crippen molar-refractivity contribution >= 4 is 15.9 Å². The minimum atomic E-state index is 0.513. The van der Waals surface area contributed by atoms with Crippen LogP contribution in [0, 0.1) is 6.92 Å². The van der Waals surface area contributed by atoms with E-state index in [1.54, 1.807) is 7.11 Å². The van der Waals surface area contributed by atoms with Gasteiger partial charge >= 0.3 is 0 Å². The third-order valence-corrected chi connectivity index (χ3v) is 5.30. The van der Waals surface area contributed by atoms with E-state index >= 15 is 0 Å². The summed E-state index contributed by atoms with van der Waals surface area (Å²) in [5.74, 6) is 1.49. The summed E-state index contributed by atoms with van der Waals surface area (Å²) in [6, 6.07) is 22.9. The van der Waals surface area contributed by atoms with Crippen molar-refractivity contribution in [3.05, 3.63) is 93.5 Å². The van der Waals surface area contributed by atoms with Gasteiger partial charge in [-0.05, 0) is 48.7 Å². The molecular weight excluding hydrogens is 414 g/mol. The molecule has 0 unspecified atom stereocenters. The monoisotopic (exact) mass is 439 g/mol. The first-order valence-electron chi connectivity index (χ1n) is 9.45. The van der Waals surface area contributed by atoms with Crippen LogP contribution in [0.4, 0.5) is 0 Å². The van der Waals surface area contributed by atoms with Crippen LogP contribution < -0.4 is 14.8 Å². The lowest BCUT2D eigenvalue weighted by molar-refractivity contribution is 0.284. The number of methoxy groups -OCH3 is 1. The third kappa shape index (κ3) is 5.85. The van der Waals surface area contributed by atoms with Crippen LogP contribution in [-0.4, -0.2) is 13.7 Å². The van der Waals surface area contributed by atoms with Crippen LogP contribution >= 0.6 is 15.9 Å². The van der Waals surface area contributed by atoms with Crippen LogP contribution in [0.25, 0.3) is 0 Å². The second kappa shape index (κ2) is 10.3. The summed E-state index contributed by atoms with van der Waals surface area (Å²) < 4.78 is 12.6. The van der Waals surface area contributed by atoms with E-state index in [0.717, 1.165) is 46.6 Å². The molecule has 0 saturated carbocycles. The van der Waals surface area contributed by atoms with Gasteiger partial charge in [-0.25, -0.2) is 0 Å². The van der Waals surface area contributed by atoms with Gasteiger partial charge in [0.05, 0.1) is 7.11 Å². The van der Waals surface area contributed by atoms with Crippen molar-refractivity contribution in [2.75, 3.05) is 13.7 Å². The number of nitrogens with one attached hydrogen (secondary N) is 1. The van der Waals surface area contributed by atoms with E-state index in [2.05, 4.69) is 70.6 Å². The van der Waals surface area contributed by atoms with Gasteiger partial charge in [-0.1, -0.05) is 76.1 Å². The van der Waals surface area contributed by atoms with Crippen molar-refractivity contribution in [1.82, 2.24) is 5.32 Å². The molecule has 0 fully saturated rings. The highest BCUT2D eigenvalue weighted by atomic mass is 79.9. The molecule has 0 aliphatic heterocycles. The molecule has 0 aliphatic rings. The normalized spacial score (nSPS) is 10.7. The fraction of sp³-hybridized carbons (Fsp3) is 0.250. The zero-order valence-electron chi connectivity index (χ0n) is 16.4. The number of benzene rings is 3. The standard InChI is InChI=1S/C24H26BrNO2/c1-18-7-6-10-20(13-18)17-28-24-15-22(25)21(14-23(24)27-2)16-26-12-11-19-8-4-3-5-9-19/h3-10,13-15,26H,11-12,16-17H2,1-2H3. The summed E-state index contributed by atoms with van der Waals surface area (Å²) in [6.07, 6.45) is 1.01. The predicted octanol–water partition coefficient (Wildman–Crippen LogP) is 5.68. The van der Waals surface area contributed by atoms with Gasteiger partial charge in [0, 0.05) is 11.0 Å². The van der Waals surface area contributed by atoms with E-state index in [9.17, 15) is 0 Å². The number of rotatable bonds is 9. The molecule has 3 nitrogen and oxygen atoms in total. The molecule has 0 amide bonds. The van der Waals surface area contributed by atoms with E-state index in [1.165, 1.54) is 11.1 Å². The van der Waals surface area contributed by atoms with Gasteiger partial charge in [-0.2, -0.15) is 0 Å². The van der Waals surface area contributed by atoms with Crippen molar-refractivity contribution in [3.8, 4) is 11.5 Å². The van der Waals surface area contributed by atoms with Gasteiger partial charge in [0.2, 0.25) is 0 Å². The van der Waals surface area contributed by atoms with Crippen LogP contribution in [-0.2, 0) is 19.6 Å². The van der Waals surface area contributed by atoms with Crippen molar-refractivity contribution in [1.29, 1.82) is 0 Å². The highest BCUT2D eigenvalue weighted by Gasteiger charge is 2.11. The molecule has 0 radical (unpaired) electrons. The quantitative estimate of drug-likeness (QED) is 0.435. The summed E-state index contributed by atoms with van der Waals surface area (Å²) >= 11 is 3.67. The van der Waals surface area contributed by atoms with Gasteiger partial charge in [-0.15, -0.1) is 0 Å². The summed E-state index contributed by atoms with van der Waals surface area (Å²) in [7, 11) is 1.68. The maximum Gasteiger partial charge on any atom is 0.162 e. The smallest absolute Gasteiger partial charge is 0.162 e. The lowest BCUT2D eigenvalue weighted by atomic mass is 10.1. The fourth-order valence-electron chi connectivity index (χ4n) is 3.05. The van der Waals surface area contributed by atoms with Crippen LogP contribution in [0.5, 0.6) is 11.5 Å². The van der Waals surface area contributed by atoms with E-state index in [0.29, 0.717) is 6.61 Å². The highest BCUT2D eigenvalue weighted by molar-refractivity contribution is 9.10. The van der Waals surface area contributed by atoms with Crippen LogP contribution in [0.2, 0.25) is 0 Å². The van der Waals surface area contributed by atoms with Crippen molar-refractivity contribution < 1.29 is 9.47 Å². The lowest BCUT2D eigenvalue weighted by Gasteiger charge is -2.15. The molecule has 3 rings (SSSR count). The predicted molar refractivity (Wildman–Crippen MR) is 118 cm³/mol. The van der Waals surface area contributed by atoms with Crippen LogP contribution in [0.15, 0.2) is 71.2 Å². The Labute approximate surface area is 175 Å². The van der Waals surface area contributed by atoms with Gasteiger partial charge in [-0.3, -0.25) is 0 Å². The summed E-state index contributed by atoms with van der Waals surface area (Å²) in [5.41, 5.74) is 4.86. The van der Waals surface area contributed by atoms with E-state index in [4.69, 9.17) is 9.47 Å². The molecule has 28 heavy (non-hydrogen) atoms. The van der Waals surface area contributed by atoms with Gasteiger partial charge in [0.25, 0.3) is 0 Å². The number of halogens is 1. The second-order valence-corrected chi connectivity index (χ2v) is 7.64. The molecule has 146 valence electrons. The van der Waals surface area contributed by atoms with Gasteiger partial charge in [0.15, 0.2) is 11.5 Å². The van der Waals surface area contributed by atoms with E-state index < -0.39 is 0 Å². The van der Waals surface area contributed by atoms with Crippen molar-refractivity contribution in [2.45, 2.75) is 26.5 Å². The Morgan fingerprint density at radius 3 is 2.43 bits per heavy atom. The molecule has 0 bridgehead atoms. The topological polar surface area (TPSA) is 30.5 Å². The Hall–Kier alpha value is -2.30. The Balaban J connectivity index is 1.59. The van der Waals surface area contributed by atoms with Crippen molar-refractivity contribution in [3.63, 3.8) is 0 Å². The Kier molecular flexibility index (Phi) is 7.52. The average Bonchev–Trinajstić information content (AvgIpc) is 2.71. The molecule has 0 aromatic heterocycles. The minimum Gasteiger partial charge on any atom is -0.493 e. The summed E-state index contributed by atoms with van der Waals surface area (Å²) in [4.78, 5) is 0. The largest absolute Gasteiger partial charge is 0.493 e. The zero-order chi connectivity index (χ0) is 19.8. The van der Waals surface area contributed by atoms with E-state index in [-0.39, 0.29) is 0 Å². The highest BCUT2D eigenvalue weighted by Crippen LogP contribution is 2.34. The molecule has 0 saturated heterocycles. The van der Waals surface area contributed by atoms with Crippen LogP contribution in [0.3, 0.4) is 0 Å². The number of aryl methyl sites for hydroxylation is 1. The Morgan fingerprint density at radius 1 is 0.893 bits per heavy atom. The minimum absolute atomic E-state index is 0.513. The molecule has 0 heterocycles. The van der Waals surface area contributed by atoms with Crippen LogP contribution in [0.1, 0.15) is 22.3 Å². The SMILES string of the molecule is COc1cc(CNCCc2ccccc2)c(Br)cc1OCc1cccc(C)c1. The Bertz CT molecular complexity index is 896.